The third kappa shape index (κ3) is 9.12. The van der Waals surface area contributed by atoms with E-state index in [2.05, 4.69) is 115 Å². The average Bonchev–Trinajstić information content (AvgIpc) is 2.66. The Kier molecular flexibility index (Phi) is 8.44. The Balaban J connectivity index is 1.59. The highest BCUT2D eigenvalue weighted by molar-refractivity contribution is 5.44. The van der Waals surface area contributed by atoms with Gasteiger partial charge in [-0.15, -0.1) is 0 Å². The highest BCUT2D eigenvalue weighted by Gasteiger charge is 2.42. The second kappa shape index (κ2) is 10.8. The molecule has 1 aromatic heterocycles. The maximum Gasteiger partial charge on any atom is 0.231 e. The Labute approximate surface area is 248 Å². The molecule has 41 heavy (non-hydrogen) atoms. The van der Waals surface area contributed by atoms with Gasteiger partial charge in [0.05, 0.1) is 0 Å². The lowest BCUT2D eigenvalue weighted by atomic mass is 9.75. The second-order valence-electron chi connectivity index (χ2n) is 17.2. The fourth-order valence-electron chi connectivity index (χ4n) is 8.66. The average molecular weight is 574 g/mol. The van der Waals surface area contributed by atoms with E-state index >= 15 is 0 Å². The first-order chi connectivity index (χ1) is 18.5. The zero-order chi connectivity index (χ0) is 30.6. The third-order valence-electron chi connectivity index (χ3n) is 8.63. The number of rotatable bonds is 7. The summed E-state index contributed by atoms with van der Waals surface area (Å²) in [7, 11) is 0. The molecule has 4 rings (SSSR count). The fourth-order valence-corrected chi connectivity index (χ4v) is 8.66. The van der Waals surface area contributed by atoms with Gasteiger partial charge in [0, 0.05) is 51.2 Å². The van der Waals surface area contributed by atoms with Crippen molar-refractivity contribution in [2.24, 2.45) is 5.92 Å². The van der Waals surface area contributed by atoms with Gasteiger partial charge < -0.3 is 37.0 Å². The maximum absolute atomic E-state index is 11.4. The number of aliphatic hydroxyl groups excluding tert-OH is 1. The van der Waals surface area contributed by atoms with Gasteiger partial charge >= 0.3 is 0 Å². The normalized spacial score (nSPS) is 28.0. The molecule has 0 spiro atoms. The van der Waals surface area contributed by atoms with E-state index in [0.29, 0.717) is 17.8 Å². The van der Waals surface area contributed by atoms with Gasteiger partial charge in [-0.3, -0.25) is 0 Å². The minimum absolute atomic E-state index is 0.00825. The van der Waals surface area contributed by atoms with Gasteiger partial charge in [-0.05, 0) is 122 Å². The summed E-state index contributed by atoms with van der Waals surface area (Å²) in [4.78, 5) is 14.4. The van der Waals surface area contributed by atoms with E-state index in [1.165, 1.54) is 0 Å². The zero-order valence-corrected chi connectivity index (χ0v) is 27.8. The number of hydrogen-bond acceptors (Lipinski definition) is 10. The van der Waals surface area contributed by atoms with Crippen LogP contribution in [0.3, 0.4) is 0 Å². The molecule has 3 fully saturated rings. The van der Waals surface area contributed by atoms with Gasteiger partial charge in [-0.25, -0.2) is 0 Å². The van der Waals surface area contributed by atoms with E-state index in [1.54, 1.807) is 0 Å². The van der Waals surface area contributed by atoms with Gasteiger partial charge in [0.1, 0.15) is 6.23 Å². The predicted molar refractivity (Wildman–Crippen MR) is 169 cm³/mol. The van der Waals surface area contributed by atoms with Crippen LogP contribution in [0, 0.1) is 5.92 Å². The molecule has 7 N–H and O–H groups in total. The second-order valence-corrected chi connectivity index (χ2v) is 17.2. The number of aromatic nitrogens is 3. The van der Waals surface area contributed by atoms with Crippen molar-refractivity contribution in [2.75, 3.05) is 16.0 Å². The summed E-state index contributed by atoms with van der Waals surface area (Å²) in [6.45, 7) is 26.8. The summed E-state index contributed by atoms with van der Waals surface area (Å²) in [6, 6.07) is 0.411. The molecule has 234 valence electrons. The molecule has 1 unspecified atom stereocenters. The summed E-state index contributed by atoms with van der Waals surface area (Å²) < 4.78 is 0. The number of nitrogens with one attached hydrogen (secondary N) is 6. The van der Waals surface area contributed by atoms with Gasteiger partial charge in [0.15, 0.2) is 0 Å². The molecule has 3 aliphatic heterocycles. The van der Waals surface area contributed by atoms with Gasteiger partial charge in [-0.1, -0.05) is 0 Å². The largest absolute Gasteiger partial charge is 0.373 e. The summed E-state index contributed by atoms with van der Waals surface area (Å²) >= 11 is 0. The van der Waals surface area contributed by atoms with Crippen LogP contribution in [0.4, 0.5) is 17.8 Å². The summed E-state index contributed by atoms with van der Waals surface area (Å²) in [5, 5.41) is 33.1. The molecule has 3 aliphatic rings. The van der Waals surface area contributed by atoms with Crippen molar-refractivity contribution in [2.45, 2.75) is 173 Å². The highest BCUT2D eigenvalue weighted by atomic mass is 16.3. The van der Waals surface area contributed by atoms with Crippen LogP contribution in [0.15, 0.2) is 0 Å². The van der Waals surface area contributed by atoms with E-state index < -0.39 is 6.23 Å². The molecule has 1 atom stereocenters. The van der Waals surface area contributed by atoms with Crippen LogP contribution in [-0.2, 0) is 0 Å². The lowest BCUT2D eigenvalue weighted by Gasteiger charge is -2.47. The summed E-state index contributed by atoms with van der Waals surface area (Å²) in [5.74, 6) is 1.53. The van der Waals surface area contributed by atoms with E-state index in [9.17, 15) is 5.11 Å². The number of nitrogens with zero attached hydrogens (tertiary/aromatic N) is 3. The molecule has 10 nitrogen and oxygen atoms in total. The first-order valence-corrected chi connectivity index (χ1v) is 15.6. The third-order valence-corrected chi connectivity index (χ3v) is 8.63. The molecular weight excluding hydrogens is 514 g/mol. The monoisotopic (exact) mass is 573 g/mol. The molecule has 1 aromatic rings. The molecule has 4 heterocycles. The van der Waals surface area contributed by atoms with Crippen LogP contribution in [0.2, 0.25) is 0 Å². The number of piperidine rings is 3. The van der Waals surface area contributed by atoms with Gasteiger partial charge in [0.25, 0.3) is 0 Å². The quantitative estimate of drug-likeness (QED) is 0.232. The molecule has 0 aliphatic carbocycles. The van der Waals surface area contributed by atoms with E-state index in [0.717, 1.165) is 38.5 Å². The molecule has 10 heteroatoms. The Morgan fingerprint density at radius 2 is 0.829 bits per heavy atom. The van der Waals surface area contributed by atoms with Crippen molar-refractivity contribution in [3.63, 3.8) is 0 Å². The number of aliphatic hydroxyl groups is 1. The highest BCUT2D eigenvalue weighted by Crippen LogP contribution is 2.36. The standard InChI is InChI=1S/C31H59N9O/c1-26(2)13-19(14-27(3,4)38-26)22(41)34-25-36-23(32-20-15-28(5,6)39-29(7,8)16-20)35-24(37-25)33-21-17-30(9,10)40-31(11,12)18-21/h19-22,38-41H,13-18H2,1-12H3,(H3,32,33,34,35,36,37). The van der Waals surface area contributed by atoms with Crippen LogP contribution in [0.5, 0.6) is 0 Å². The summed E-state index contributed by atoms with van der Waals surface area (Å²) in [5.41, 5.74) is -0.178. The van der Waals surface area contributed by atoms with Crippen LogP contribution in [0.1, 0.15) is 122 Å². The van der Waals surface area contributed by atoms with E-state index in [-0.39, 0.29) is 51.2 Å². The molecule has 0 bridgehead atoms. The van der Waals surface area contributed by atoms with Crippen LogP contribution in [-0.4, -0.2) is 71.6 Å². The maximum atomic E-state index is 11.4. The van der Waals surface area contributed by atoms with E-state index in [4.69, 9.17) is 15.0 Å². The Morgan fingerprint density at radius 3 is 1.17 bits per heavy atom. The predicted octanol–water partition coefficient (Wildman–Crippen LogP) is 4.60. The number of anilines is 3. The van der Waals surface area contributed by atoms with Crippen LogP contribution >= 0.6 is 0 Å². The van der Waals surface area contributed by atoms with Crippen molar-refractivity contribution in [1.29, 1.82) is 0 Å². The fraction of sp³-hybridized carbons (Fsp3) is 0.903. The molecule has 0 radical (unpaired) electrons. The lowest BCUT2D eigenvalue weighted by Crippen LogP contribution is -2.60. The van der Waals surface area contributed by atoms with Crippen molar-refractivity contribution < 1.29 is 5.11 Å². The van der Waals surface area contributed by atoms with Gasteiger partial charge in [0.2, 0.25) is 17.8 Å². The first-order valence-electron chi connectivity index (χ1n) is 15.6. The van der Waals surface area contributed by atoms with Crippen LogP contribution in [0.25, 0.3) is 0 Å². The number of hydrogen-bond donors (Lipinski definition) is 7. The first kappa shape index (κ1) is 32.2. The molecule has 0 aromatic carbocycles. The molecule has 0 amide bonds. The topological polar surface area (TPSA) is 131 Å². The Bertz CT molecular complexity index is 975. The SMILES string of the molecule is CC1(C)CC(Nc2nc(NC3CC(C)(C)NC(C)(C)C3)nc(NC(O)C3CC(C)(C)NC(C)(C)C3)n2)CC(C)(C)N1. The Morgan fingerprint density at radius 1 is 0.537 bits per heavy atom. The van der Waals surface area contributed by atoms with Crippen LogP contribution < -0.4 is 31.9 Å². The van der Waals surface area contributed by atoms with Crippen molar-refractivity contribution in [3.05, 3.63) is 0 Å². The molecule has 0 saturated carbocycles. The minimum atomic E-state index is -0.771. The smallest absolute Gasteiger partial charge is 0.231 e. The van der Waals surface area contributed by atoms with E-state index in [1.807, 2.05) is 0 Å². The van der Waals surface area contributed by atoms with Crippen molar-refractivity contribution in [1.82, 2.24) is 30.9 Å². The lowest BCUT2D eigenvalue weighted by molar-refractivity contribution is 0.0416. The molecular formula is C31H59N9O. The summed E-state index contributed by atoms with van der Waals surface area (Å²) in [6.07, 6.45) is 4.73. The van der Waals surface area contributed by atoms with Crippen molar-refractivity contribution in [3.8, 4) is 0 Å². The minimum Gasteiger partial charge on any atom is -0.373 e. The van der Waals surface area contributed by atoms with Gasteiger partial charge in [-0.2, -0.15) is 15.0 Å². The zero-order valence-electron chi connectivity index (χ0n) is 27.8. The Hall–Kier alpha value is -1.75. The van der Waals surface area contributed by atoms with Crippen molar-refractivity contribution >= 4 is 17.8 Å². The molecule has 3 saturated heterocycles.